The van der Waals surface area contributed by atoms with Gasteiger partial charge in [0.05, 0.1) is 0 Å². The van der Waals surface area contributed by atoms with Crippen molar-refractivity contribution in [3.8, 4) is 0 Å². The standard InChI is InChI=1S/C18H29N/c1-4-6-7-12-18(19-15-5-2)14-13-17-11-9-8-10-16(17)3/h4,8-11,18-19H,1,5-7,12-15H2,2-3H3. The van der Waals surface area contributed by atoms with Crippen molar-refractivity contribution in [1.82, 2.24) is 5.32 Å². The molecule has 1 heteroatoms. The Labute approximate surface area is 119 Å². The van der Waals surface area contributed by atoms with Crippen molar-refractivity contribution >= 4 is 0 Å². The maximum absolute atomic E-state index is 3.80. The first-order valence-corrected chi connectivity index (χ1v) is 7.66. The van der Waals surface area contributed by atoms with Gasteiger partial charge >= 0.3 is 0 Å². The molecular weight excluding hydrogens is 230 g/mol. The molecule has 1 nitrogen and oxygen atoms in total. The van der Waals surface area contributed by atoms with Crippen molar-refractivity contribution < 1.29 is 0 Å². The molecule has 0 fully saturated rings. The molecule has 0 radical (unpaired) electrons. The van der Waals surface area contributed by atoms with Gasteiger partial charge in [-0.2, -0.15) is 0 Å². The molecule has 19 heavy (non-hydrogen) atoms. The highest BCUT2D eigenvalue weighted by molar-refractivity contribution is 5.25. The van der Waals surface area contributed by atoms with Crippen LogP contribution in [0.3, 0.4) is 0 Å². The van der Waals surface area contributed by atoms with E-state index in [9.17, 15) is 0 Å². The lowest BCUT2D eigenvalue weighted by molar-refractivity contribution is 0.443. The number of rotatable bonds is 10. The van der Waals surface area contributed by atoms with E-state index in [0.717, 1.165) is 13.0 Å². The molecule has 0 saturated carbocycles. The largest absolute Gasteiger partial charge is 0.314 e. The highest BCUT2D eigenvalue weighted by Gasteiger charge is 2.08. The van der Waals surface area contributed by atoms with E-state index >= 15 is 0 Å². The van der Waals surface area contributed by atoms with Gasteiger partial charge in [0, 0.05) is 6.04 Å². The van der Waals surface area contributed by atoms with Crippen LogP contribution in [0.1, 0.15) is 50.2 Å². The fourth-order valence-corrected chi connectivity index (χ4v) is 2.43. The van der Waals surface area contributed by atoms with Gasteiger partial charge in [-0.3, -0.25) is 0 Å². The molecule has 106 valence electrons. The van der Waals surface area contributed by atoms with Crippen LogP contribution in [0.4, 0.5) is 0 Å². The van der Waals surface area contributed by atoms with Crippen molar-refractivity contribution in [3.63, 3.8) is 0 Å². The van der Waals surface area contributed by atoms with E-state index in [0.29, 0.717) is 6.04 Å². The molecule has 1 rings (SSSR count). The van der Waals surface area contributed by atoms with Crippen LogP contribution in [-0.2, 0) is 6.42 Å². The molecule has 1 N–H and O–H groups in total. The molecule has 0 spiro atoms. The minimum Gasteiger partial charge on any atom is -0.314 e. The Balaban J connectivity index is 2.42. The number of hydrogen-bond donors (Lipinski definition) is 1. The SMILES string of the molecule is C=CCCCC(CCc1ccccc1C)NCCC. The molecule has 1 unspecified atom stereocenters. The summed E-state index contributed by atoms with van der Waals surface area (Å²) in [7, 11) is 0. The first-order chi connectivity index (χ1) is 9.27. The molecule has 0 aliphatic heterocycles. The lowest BCUT2D eigenvalue weighted by atomic mass is 9.98. The van der Waals surface area contributed by atoms with Gasteiger partial charge in [-0.15, -0.1) is 6.58 Å². The molecular formula is C18H29N. The lowest BCUT2D eigenvalue weighted by Gasteiger charge is -2.18. The normalized spacial score (nSPS) is 12.3. The third kappa shape index (κ3) is 6.58. The molecule has 0 amide bonds. The predicted molar refractivity (Wildman–Crippen MR) is 85.6 cm³/mol. The number of nitrogens with one attached hydrogen (secondary N) is 1. The second-order valence-electron chi connectivity index (χ2n) is 5.34. The molecule has 0 bridgehead atoms. The molecule has 1 aromatic rings. The third-order valence-electron chi connectivity index (χ3n) is 3.67. The van der Waals surface area contributed by atoms with Crippen LogP contribution in [0.5, 0.6) is 0 Å². The predicted octanol–water partition coefficient (Wildman–Crippen LogP) is 4.65. The second-order valence-corrected chi connectivity index (χ2v) is 5.34. The van der Waals surface area contributed by atoms with Crippen molar-refractivity contribution in [2.45, 2.75) is 58.4 Å². The Kier molecular flexibility index (Phi) is 8.24. The maximum atomic E-state index is 3.80. The van der Waals surface area contributed by atoms with Gasteiger partial charge in [0.1, 0.15) is 0 Å². The lowest BCUT2D eigenvalue weighted by Crippen LogP contribution is -2.30. The molecule has 0 aromatic heterocycles. The molecule has 1 aromatic carbocycles. The fourth-order valence-electron chi connectivity index (χ4n) is 2.43. The Morgan fingerprint density at radius 2 is 2.05 bits per heavy atom. The van der Waals surface area contributed by atoms with E-state index in [1.54, 1.807) is 0 Å². The zero-order valence-electron chi connectivity index (χ0n) is 12.6. The number of allylic oxidation sites excluding steroid dienone is 1. The second kappa shape index (κ2) is 9.80. The summed E-state index contributed by atoms with van der Waals surface area (Å²) in [6.07, 6.45) is 9.30. The van der Waals surface area contributed by atoms with Gasteiger partial charge in [0.15, 0.2) is 0 Å². The minimum atomic E-state index is 0.652. The van der Waals surface area contributed by atoms with Crippen LogP contribution in [0.25, 0.3) is 0 Å². The first kappa shape index (κ1) is 16.0. The van der Waals surface area contributed by atoms with Gasteiger partial charge in [-0.25, -0.2) is 0 Å². The van der Waals surface area contributed by atoms with Crippen molar-refractivity contribution in [2.75, 3.05) is 6.54 Å². The monoisotopic (exact) mass is 259 g/mol. The van der Waals surface area contributed by atoms with E-state index < -0.39 is 0 Å². The van der Waals surface area contributed by atoms with Gasteiger partial charge < -0.3 is 5.32 Å². The Hall–Kier alpha value is -1.08. The van der Waals surface area contributed by atoms with Crippen molar-refractivity contribution in [3.05, 3.63) is 48.0 Å². The summed E-state index contributed by atoms with van der Waals surface area (Å²) < 4.78 is 0. The summed E-state index contributed by atoms with van der Waals surface area (Å²) in [6, 6.07) is 9.39. The van der Waals surface area contributed by atoms with Gasteiger partial charge in [0.2, 0.25) is 0 Å². The maximum Gasteiger partial charge on any atom is 0.00703 e. The summed E-state index contributed by atoms with van der Waals surface area (Å²) in [5, 5.41) is 3.68. The minimum absolute atomic E-state index is 0.652. The van der Waals surface area contributed by atoms with Gasteiger partial charge in [-0.05, 0) is 63.1 Å². The third-order valence-corrected chi connectivity index (χ3v) is 3.67. The van der Waals surface area contributed by atoms with Crippen LogP contribution >= 0.6 is 0 Å². The number of hydrogen-bond acceptors (Lipinski definition) is 1. The molecule has 0 aliphatic carbocycles. The average molecular weight is 259 g/mol. The highest BCUT2D eigenvalue weighted by atomic mass is 14.9. The first-order valence-electron chi connectivity index (χ1n) is 7.66. The van der Waals surface area contributed by atoms with Gasteiger partial charge in [-0.1, -0.05) is 37.3 Å². The van der Waals surface area contributed by atoms with Crippen molar-refractivity contribution in [2.24, 2.45) is 0 Å². The van der Waals surface area contributed by atoms with E-state index in [2.05, 4.69) is 50.0 Å². The number of benzene rings is 1. The smallest absolute Gasteiger partial charge is 0.00703 e. The van der Waals surface area contributed by atoms with Crippen LogP contribution in [0.15, 0.2) is 36.9 Å². The number of unbranched alkanes of at least 4 members (excludes halogenated alkanes) is 1. The summed E-state index contributed by atoms with van der Waals surface area (Å²) in [5.41, 5.74) is 2.91. The summed E-state index contributed by atoms with van der Waals surface area (Å²) in [6.45, 7) is 9.38. The van der Waals surface area contributed by atoms with Crippen LogP contribution in [0.2, 0.25) is 0 Å². The summed E-state index contributed by atoms with van der Waals surface area (Å²) in [5.74, 6) is 0. The zero-order chi connectivity index (χ0) is 13.9. The van der Waals surface area contributed by atoms with E-state index in [1.165, 1.54) is 43.2 Å². The average Bonchev–Trinajstić information content (AvgIpc) is 2.43. The van der Waals surface area contributed by atoms with E-state index in [-0.39, 0.29) is 0 Å². The quantitative estimate of drug-likeness (QED) is 0.476. The zero-order valence-corrected chi connectivity index (χ0v) is 12.6. The Morgan fingerprint density at radius 1 is 1.26 bits per heavy atom. The van der Waals surface area contributed by atoms with Crippen molar-refractivity contribution in [1.29, 1.82) is 0 Å². The fraction of sp³-hybridized carbons (Fsp3) is 0.556. The van der Waals surface area contributed by atoms with Crippen LogP contribution in [0, 0.1) is 6.92 Å². The Morgan fingerprint density at radius 3 is 2.74 bits per heavy atom. The molecule has 0 aliphatic rings. The topological polar surface area (TPSA) is 12.0 Å². The van der Waals surface area contributed by atoms with Crippen LogP contribution in [-0.4, -0.2) is 12.6 Å². The molecule has 1 atom stereocenters. The highest BCUT2D eigenvalue weighted by Crippen LogP contribution is 2.13. The molecule has 0 saturated heterocycles. The van der Waals surface area contributed by atoms with Gasteiger partial charge in [0.25, 0.3) is 0 Å². The van der Waals surface area contributed by atoms with E-state index in [1.807, 2.05) is 6.08 Å². The Bertz CT molecular complexity index is 356. The summed E-state index contributed by atoms with van der Waals surface area (Å²) in [4.78, 5) is 0. The summed E-state index contributed by atoms with van der Waals surface area (Å²) >= 11 is 0. The number of aryl methyl sites for hydroxylation is 2. The van der Waals surface area contributed by atoms with E-state index in [4.69, 9.17) is 0 Å². The van der Waals surface area contributed by atoms with Crippen LogP contribution < -0.4 is 5.32 Å². The molecule has 0 heterocycles.